The van der Waals surface area contributed by atoms with Crippen molar-refractivity contribution in [3.05, 3.63) is 35.9 Å². The molecule has 3 rings (SSSR count). The number of nitrogen functional groups attached to an aromatic ring is 1. The molecular formula is C11H9N3. The van der Waals surface area contributed by atoms with Crippen LogP contribution in [0.15, 0.2) is 35.3 Å². The first kappa shape index (κ1) is 7.38. The Bertz CT molecular complexity index is 570. The second kappa shape index (κ2) is 2.26. The zero-order valence-corrected chi connectivity index (χ0v) is 7.49. The fourth-order valence-corrected chi connectivity index (χ4v) is 1.91. The maximum Gasteiger partial charge on any atom is 0.132 e. The van der Waals surface area contributed by atoms with Crippen molar-refractivity contribution in [2.45, 2.75) is 0 Å². The minimum Gasteiger partial charge on any atom is -0.398 e. The minimum atomic E-state index is 0.580. The second-order valence-electron chi connectivity index (χ2n) is 3.40. The van der Waals surface area contributed by atoms with Gasteiger partial charge in [-0.05, 0) is 12.1 Å². The highest BCUT2D eigenvalue weighted by molar-refractivity contribution is 6.20. The van der Waals surface area contributed by atoms with Gasteiger partial charge in [0.2, 0.25) is 0 Å². The van der Waals surface area contributed by atoms with Crippen LogP contribution in [0.2, 0.25) is 0 Å². The van der Waals surface area contributed by atoms with E-state index in [9.17, 15) is 0 Å². The lowest BCUT2D eigenvalue weighted by Gasteiger charge is -2.03. The van der Waals surface area contributed by atoms with Gasteiger partial charge in [-0.25, -0.2) is 4.99 Å². The Morgan fingerprint density at radius 3 is 2.71 bits per heavy atom. The van der Waals surface area contributed by atoms with E-state index in [4.69, 9.17) is 11.5 Å². The Hall–Kier alpha value is -2.03. The lowest BCUT2D eigenvalue weighted by atomic mass is 10.0. The van der Waals surface area contributed by atoms with Crippen LogP contribution < -0.4 is 11.5 Å². The third-order valence-corrected chi connectivity index (χ3v) is 2.57. The lowest BCUT2D eigenvalue weighted by molar-refractivity contribution is 1.55. The number of amidine groups is 1. The molecule has 68 valence electrons. The van der Waals surface area contributed by atoms with E-state index in [0.29, 0.717) is 5.84 Å². The predicted octanol–water partition coefficient (Wildman–Crippen LogP) is 1.77. The summed E-state index contributed by atoms with van der Waals surface area (Å²) in [5, 5.41) is 2.11. The highest BCUT2D eigenvalue weighted by atomic mass is 14.9. The molecule has 0 amide bonds. The van der Waals surface area contributed by atoms with Crippen LogP contribution >= 0.6 is 0 Å². The van der Waals surface area contributed by atoms with Gasteiger partial charge in [0, 0.05) is 22.0 Å². The molecule has 0 saturated heterocycles. The number of nitrogens with two attached hydrogens (primary N) is 2. The molecule has 0 atom stereocenters. The number of rotatable bonds is 0. The summed E-state index contributed by atoms with van der Waals surface area (Å²) in [5.74, 6) is 0.580. The van der Waals surface area contributed by atoms with E-state index < -0.39 is 0 Å². The first-order chi connectivity index (χ1) is 6.77. The molecule has 3 nitrogen and oxygen atoms in total. The third kappa shape index (κ3) is 0.738. The van der Waals surface area contributed by atoms with Gasteiger partial charge in [-0.2, -0.15) is 0 Å². The SMILES string of the molecule is NC1=Nc2ccc(N)c3cccc1c23. The number of benzene rings is 2. The normalized spacial score (nSPS) is 13.3. The van der Waals surface area contributed by atoms with Crippen molar-refractivity contribution < 1.29 is 0 Å². The first-order valence-electron chi connectivity index (χ1n) is 4.43. The monoisotopic (exact) mass is 183 g/mol. The molecular weight excluding hydrogens is 174 g/mol. The van der Waals surface area contributed by atoms with Crippen LogP contribution in [0.4, 0.5) is 11.4 Å². The van der Waals surface area contributed by atoms with Crippen LogP contribution in [0, 0.1) is 0 Å². The van der Waals surface area contributed by atoms with Crippen molar-refractivity contribution >= 4 is 28.0 Å². The van der Waals surface area contributed by atoms with Gasteiger partial charge in [0.25, 0.3) is 0 Å². The van der Waals surface area contributed by atoms with Crippen LogP contribution in [-0.4, -0.2) is 5.84 Å². The topological polar surface area (TPSA) is 64.4 Å². The number of nitrogens with zero attached hydrogens (tertiary/aromatic N) is 1. The van der Waals surface area contributed by atoms with E-state index >= 15 is 0 Å². The van der Waals surface area contributed by atoms with E-state index in [-0.39, 0.29) is 0 Å². The van der Waals surface area contributed by atoms with Crippen LogP contribution in [0.3, 0.4) is 0 Å². The summed E-state index contributed by atoms with van der Waals surface area (Å²) < 4.78 is 0. The number of hydrogen-bond donors (Lipinski definition) is 2. The van der Waals surface area contributed by atoms with Gasteiger partial charge in [0.05, 0.1) is 5.69 Å². The van der Waals surface area contributed by atoms with Gasteiger partial charge in [-0.3, -0.25) is 0 Å². The summed E-state index contributed by atoms with van der Waals surface area (Å²) in [5.41, 5.74) is 14.4. The number of anilines is 1. The summed E-state index contributed by atoms with van der Waals surface area (Å²) in [6.07, 6.45) is 0. The largest absolute Gasteiger partial charge is 0.398 e. The summed E-state index contributed by atoms with van der Waals surface area (Å²) >= 11 is 0. The molecule has 0 bridgehead atoms. The highest BCUT2D eigenvalue weighted by Crippen LogP contribution is 2.36. The standard InChI is InChI=1S/C11H9N3/c12-8-4-5-9-10-6(8)2-1-3-7(10)11(13)14-9/h1-5H,12H2,(H2,13,14). The summed E-state index contributed by atoms with van der Waals surface area (Å²) in [6, 6.07) is 9.68. The second-order valence-corrected chi connectivity index (χ2v) is 3.40. The molecule has 1 aliphatic rings. The Morgan fingerprint density at radius 1 is 1.00 bits per heavy atom. The van der Waals surface area contributed by atoms with Crippen molar-refractivity contribution in [1.29, 1.82) is 0 Å². The van der Waals surface area contributed by atoms with E-state index in [1.807, 2.05) is 30.3 Å². The van der Waals surface area contributed by atoms with Crippen LogP contribution in [0.5, 0.6) is 0 Å². The van der Waals surface area contributed by atoms with Crippen LogP contribution in [0.1, 0.15) is 5.56 Å². The lowest BCUT2D eigenvalue weighted by Crippen LogP contribution is -2.09. The van der Waals surface area contributed by atoms with Crippen molar-refractivity contribution in [3.63, 3.8) is 0 Å². The van der Waals surface area contributed by atoms with E-state index in [1.165, 1.54) is 0 Å². The van der Waals surface area contributed by atoms with Crippen molar-refractivity contribution in [2.24, 2.45) is 10.7 Å². The fraction of sp³-hybridized carbons (Fsp3) is 0. The van der Waals surface area contributed by atoms with Gasteiger partial charge < -0.3 is 11.5 Å². The smallest absolute Gasteiger partial charge is 0.132 e. The number of hydrogen-bond acceptors (Lipinski definition) is 3. The van der Waals surface area contributed by atoms with E-state index in [2.05, 4.69) is 4.99 Å². The molecule has 1 heterocycles. The van der Waals surface area contributed by atoms with Crippen LogP contribution in [-0.2, 0) is 0 Å². The predicted molar refractivity (Wildman–Crippen MR) is 58.7 cm³/mol. The average Bonchev–Trinajstić information content (AvgIpc) is 2.52. The molecule has 3 heteroatoms. The Morgan fingerprint density at radius 2 is 1.86 bits per heavy atom. The summed E-state index contributed by atoms with van der Waals surface area (Å²) in [4.78, 5) is 4.28. The summed E-state index contributed by atoms with van der Waals surface area (Å²) in [6.45, 7) is 0. The number of aliphatic imine (C=N–C) groups is 1. The molecule has 2 aromatic carbocycles. The van der Waals surface area contributed by atoms with Gasteiger partial charge in [-0.1, -0.05) is 18.2 Å². The molecule has 0 fully saturated rings. The molecule has 0 radical (unpaired) electrons. The molecule has 0 aromatic heterocycles. The molecule has 1 aliphatic heterocycles. The van der Waals surface area contributed by atoms with Crippen molar-refractivity contribution in [1.82, 2.24) is 0 Å². The molecule has 4 N–H and O–H groups in total. The van der Waals surface area contributed by atoms with Gasteiger partial charge in [-0.15, -0.1) is 0 Å². The molecule has 0 spiro atoms. The quantitative estimate of drug-likeness (QED) is 0.611. The Labute approximate surface area is 81.0 Å². The van der Waals surface area contributed by atoms with Gasteiger partial charge in [0.1, 0.15) is 5.84 Å². The Balaban J connectivity index is 2.59. The van der Waals surface area contributed by atoms with Gasteiger partial charge in [0.15, 0.2) is 0 Å². The first-order valence-corrected chi connectivity index (χ1v) is 4.43. The van der Waals surface area contributed by atoms with Crippen molar-refractivity contribution in [2.75, 3.05) is 5.73 Å². The maximum atomic E-state index is 5.88. The highest BCUT2D eigenvalue weighted by Gasteiger charge is 2.16. The minimum absolute atomic E-state index is 0.580. The average molecular weight is 183 g/mol. The van der Waals surface area contributed by atoms with E-state index in [1.54, 1.807) is 0 Å². The van der Waals surface area contributed by atoms with Crippen molar-refractivity contribution in [3.8, 4) is 0 Å². The van der Waals surface area contributed by atoms with E-state index in [0.717, 1.165) is 27.7 Å². The molecule has 14 heavy (non-hydrogen) atoms. The Kier molecular flexibility index (Phi) is 1.19. The molecule has 0 saturated carbocycles. The zero-order chi connectivity index (χ0) is 9.71. The molecule has 2 aromatic rings. The molecule has 0 aliphatic carbocycles. The van der Waals surface area contributed by atoms with Crippen LogP contribution in [0.25, 0.3) is 10.8 Å². The maximum absolute atomic E-state index is 5.88. The summed E-state index contributed by atoms with van der Waals surface area (Å²) in [7, 11) is 0. The molecule has 0 unspecified atom stereocenters. The zero-order valence-electron chi connectivity index (χ0n) is 7.49. The van der Waals surface area contributed by atoms with Gasteiger partial charge >= 0.3 is 0 Å². The third-order valence-electron chi connectivity index (χ3n) is 2.57. The fourth-order valence-electron chi connectivity index (χ4n) is 1.91.